The SMILES string of the molecule is COc1cccc(CNCc2ccc(F)cc2)n1. The van der Waals surface area contributed by atoms with E-state index in [4.69, 9.17) is 4.74 Å². The van der Waals surface area contributed by atoms with Crippen molar-refractivity contribution in [1.82, 2.24) is 10.3 Å². The van der Waals surface area contributed by atoms with Gasteiger partial charge in [-0.2, -0.15) is 0 Å². The van der Waals surface area contributed by atoms with Crippen molar-refractivity contribution in [2.75, 3.05) is 7.11 Å². The third-order valence-corrected chi connectivity index (χ3v) is 2.54. The highest BCUT2D eigenvalue weighted by Crippen LogP contribution is 2.07. The molecule has 0 fully saturated rings. The lowest BCUT2D eigenvalue weighted by Crippen LogP contribution is -2.13. The number of hydrogen-bond donors (Lipinski definition) is 1. The summed E-state index contributed by atoms with van der Waals surface area (Å²) >= 11 is 0. The lowest BCUT2D eigenvalue weighted by molar-refractivity contribution is 0.395. The van der Waals surface area contributed by atoms with E-state index in [2.05, 4.69) is 10.3 Å². The number of hydrogen-bond acceptors (Lipinski definition) is 3. The van der Waals surface area contributed by atoms with E-state index in [9.17, 15) is 4.39 Å². The normalized spacial score (nSPS) is 10.3. The Morgan fingerprint density at radius 1 is 1.11 bits per heavy atom. The van der Waals surface area contributed by atoms with Crippen LogP contribution in [0.3, 0.4) is 0 Å². The maximum atomic E-state index is 12.7. The van der Waals surface area contributed by atoms with Gasteiger partial charge in [-0.25, -0.2) is 9.37 Å². The summed E-state index contributed by atoms with van der Waals surface area (Å²) in [6.07, 6.45) is 0. The standard InChI is InChI=1S/C14H15FN2O/c1-18-14-4-2-3-13(17-14)10-16-9-11-5-7-12(15)8-6-11/h2-8,16H,9-10H2,1H3. The van der Waals surface area contributed by atoms with Crippen LogP contribution in [0.4, 0.5) is 4.39 Å². The van der Waals surface area contributed by atoms with E-state index < -0.39 is 0 Å². The number of rotatable bonds is 5. The Bertz CT molecular complexity index is 499. The summed E-state index contributed by atoms with van der Waals surface area (Å²) in [6.45, 7) is 1.33. The molecule has 1 heterocycles. The van der Waals surface area contributed by atoms with Gasteiger partial charge in [-0.15, -0.1) is 0 Å². The number of pyridine rings is 1. The summed E-state index contributed by atoms with van der Waals surface area (Å²) in [5.41, 5.74) is 1.95. The van der Waals surface area contributed by atoms with Crippen molar-refractivity contribution in [1.29, 1.82) is 0 Å². The van der Waals surface area contributed by atoms with Crippen LogP contribution in [0.2, 0.25) is 0 Å². The van der Waals surface area contributed by atoms with Gasteiger partial charge in [-0.3, -0.25) is 0 Å². The number of methoxy groups -OCH3 is 1. The molecule has 0 amide bonds. The minimum atomic E-state index is -0.215. The second kappa shape index (κ2) is 6.12. The molecule has 1 aromatic heterocycles. The molecule has 3 nitrogen and oxygen atoms in total. The van der Waals surface area contributed by atoms with E-state index in [1.54, 1.807) is 19.2 Å². The third kappa shape index (κ3) is 3.53. The molecule has 0 saturated carbocycles. The Hall–Kier alpha value is -1.94. The van der Waals surface area contributed by atoms with Crippen LogP contribution >= 0.6 is 0 Å². The molecule has 0 atom stereocenters. The zero-order valence-corrected chi connectivity index (χ0v) is 10.2. The van der Waals surface area contributed by atoms with Crippen molar-refractivity contribution >= 4 is 0 Å². The van der Waals surface area contributed by atoms with Crippen LogP contribution in [-0.2, 0) is 13.1 Å². The first-order chi connectivity index (χ1) is 8.78. The summed E-state index contributed by atoms with van der Waals surface area (Å²) in [4.78, 5) is 4.29. The highest BCUT2D eigenvalue weighted by molar-refractivity contribution is 5.17. The Morgan fingerprint density at radius 3 is 2.61 bits per heavy atom. The number of nitrogens with one attached hydrogen (secondary N) is 1. The molecule has 0 radical (unpaired) electrons. The molecular formula is C14H15FN2O. The van der Waals surface area contributed by atoms with Crippen LogP contribution in [0.1, 0.15) is 11.3 Å². The fraction of sp³-hybridized carbons (Fsp3) is 0.214. The van der Waals surface area contributed by atoms with Crippen molar-refractivity contribution in [2.24, 2.45) is 0 Å². The molecule has 0 aliphatic rings. The number of aromatic nitrogens is 1. The summed E-state index contributed by atoms with van der Waals surface area (Å²) in [5, 5.41) is 3.25. The predicted octanol–water partition coefficient (Wildman–Crippen LogP) is 2.52. The number of halogens is 1. The number of ether oxygens (including phenoxy) is 1. The summed E-state index contributed by atoms with van der Waals surface area (Å²) in [6, 6.07) is 12.1. The molecule has 2 aromatic rings. The molecule has 0 bridgehead atoms. The molecule has 0 aliphatic carbocycles. The van der Waals surface area contributed by atoms with Gasteiger partial charge in [0.15, 0.2) is 0 Å². The van der Waals surface area contributed by atoms with Crippen LogP contribution in [0.15, 0.2) is 42.5 Å². The zero-order valence-electron chi connectivity index (χ0n) is 10.2. The fourth-order valence-electron chi connectivity index (χ4n) is 1.61. The smallest absolute Gasteiger partial charge is 0.213 e. The topological polar surface area (TPSA) is 34.1 Å². The molecule has 2 rings (SSSR count). The van der Waals surface area contributed by atoms with Crippen molar-refractivity contribution in [3.8, 4) is 5.88 Å². The van der Waals surface area contributed by atoms with E-state index in [1.165, 1.54) is 12.1 Å². The Kier molecular flexibility index (Phi) is 4.25. The van der Waals surface area contributed by atoms with Gasteiger partial charge in [0.2, 0.25) is 5.88 Å². The molecule has 18 heavy (non-hydrogen) atoms. The van der Waals surface area contributed by atoms with Crippen molar-refractivity contribution < 1.29 is 9.13 Å². The average Bonchev–Trinajstić information content (AvgIpc) is 2.41. The number of nitrogens with zero attached hydrogens (tertiary/aromatic N) is 1. The average molecular weight is 246 g/mol. The zero-order chi connectivity index (χ0) is 12.8. The van der Waals surface area contributed by atoms with Crippen LogP contribution in [-0.4, -0.2) is 12.1 Å². The van der Waals surface area contributed by atoms with Gasteiger partial charge in [0.25, 0.3) is 0 Å². The quantitative estimate of drug-likeness (QED) is 0.880. The van der Waals surface area contributed by atoms with Gasteiger partial charge < -0.3 is 10.1 Å². The largest absolute Gasteiger partial charge is 0.481 e. The molecular weight excluding hydrogens is 231 g/mol. The van der Waals surface area contributed by atoms with Gasteiger partial charge in [0, 0.05) is 19.2 Å². The summed E-state index contributed by atoms with van der Waals surface area (Å²) in [7, 11) is 1.60. The maximum Gasteiger partial charge on any atom is 0.213 e. The molecule has 0 saturated heterocycles. The van der Waals surface area contributed by atoms with Gasteiger partial charge in [0.1, 0.15) is 5.82 Å². The molecule has 94 valence electrons. The van der Waals surface area contributed by atoms with Crippen LogP contribution in [0.25, 0.3) is 0 Å². The van der Waals surface area contributed by atoms with Crippen LogP contribution in [0, 0.1) is 5.82 Å². The first-order valence-corrected chi connectivity index (χ1v) is 5.73. The second-order valence-electron chi connectivity index (χ2n) is 3.90. The fourth-order valence-corrected chi connectivity index (χ4v) is 1.61. The molecule has 0 spiro atoms. The van der Waals surface area contributed by atoms with Crippen LogP contribution < -0.4 is 10.1 Å². The minimum Gasteiger partial charge on any atom is -0.481 e. The van der Waals surface area contributed by atoms with Crippen molar-refractivity contribution in [3.05, 3.63) is 59.5 Å². The van der Waals surface area contributed by atoms with Crippen molar-refractivity contribution in [2.45, 2.75) is 13.1 Å². The Balaban J connectivity index is 1.86. The van der Waals surface area contributed by atoms with Gasteiger partial charge >= 0.3 is 0 Å². The number of benzene rings is 1. The first-order valence-electron chi connectivity index (χ1n) is 5.73. The molecule has 1 N–H and O–H groups in total. The third-order valence-electron chi connectivity index (χ3n) is 2.54. The first kappa shape index (κ1) is 12.5. The Morgan fingerprint density at radius 2 is 1.89 bits per heavy atom. The van der Waals surface area contributed by atoms with Crippen molar-refractivity contribution in [3.63, 3.8) is 0 Å². The predicted molar refractivity (Wildman–Crippen MR) is 67.7 cm³/mol. The molecule has 0 unspecified atom stereocenters. The maximum absolute atomic E-state index is 12.7. The highest BCUT2D eigenvalue weighted by Gasteiger charge is 1.98. The second-order valence-corrected chi connectivity index (χ2v) is 3.90. The molecule has 1 aromatic carbocycles. The van der Waals surface area contributed by atoms with Crippen LogP contribution in [0.5, 0.6) is 5.88 Å². The van der Waals surface area contributed by atoms with Gasteiger partial charge in [0.05, 0.1) is 12.8 Å². The van der Waals surface area contributed by atoms with E-state index in [0.717, 1.165) is 11.3 Å². The van der Waals surface area contributed by atoms with E-state index in [0.29, 0.717) is 19.0 Å². The summed E-state index contributed by atoms with van der Waals surface area (Å²) < 4.78 is 17.8. The molecule has 0 aliphatic heterocycles. The summed E-state index contributed by atoms with van der Waals surface area (Å²) in [5.74, 6) is 0.393. The lowest BCUT2D eigenvalue weighted by Gasteiger charge is -2.06. The highest BCUT2D eigenvalue weighted by atomic mass is 19.1. The van der Waals surface area contributed by atoms with Gasteiger partial charge in [-0.05, 0) is 23.8 Å². The molecule has 4 heteroatoms. The Labute approximate surface area is 106 Å². The van der Waals surface area contributed by atoms with E-state index >= 15 is 0 Å². The monoisotopic (exact) mass is 246 g/mol. The van der Waals surface area contributed by atoms with E-state index in [1.807, 2.05) is 18.2 Å². The minimum absolute atomic E-state index is 0.215. The van der Waals surface area contributed by atoms with E-state index in [-0.39, 0.29) is 5.82 Å². The lowest BCUT2D eigenvalue weighted by atomic mass is 10.2. The van der Waals surface area contributed by atoms with Gasteiger partial charge in [-0.1, -0.05) is 18.2 Å².